The van der Waals surface area contributed by atoms with Gasteiger partial charge in [-0.2, -0.15) is 0 Å². The highest BCUT2D eigenvalue weighted by Crippen LogP contribution is 2.41. The van der Waals surface area contributed by atoms with E-state index in [-0.39, 0.29) is 5.56 Å². The van der Waals surface area contributed by atoms with Crippen molar-refractivity contribution in [2.75, 3.05) is 0 Å². The van der Waals surface area contributed by atoms with Gasteiger partial charge in [0.2, 0.25) is 0 Å². The lowest BCUT2D eigenvalue weighted by Crippen LogP contribution is -2.09. The number of nitrogens with zero attached hydrogens (tertiary/aromatic N) is 2. The van der Waals surface area contributed by atoms with E-state index < -0.39 is 0 Å². The Bertz CT molecular complexity index is 646. The number of aromatic amines is 1. The lowest BCUT2D eigenvalue weighted by molar-refractivity contribution is 0.815. The van der Waals surface area contributed by atoms with Gasteiger partial charge in [-0.05, 0) is 19.3 Å². The van der Waals surface area contributed by atoms with E-state index in [0.717, 1.165) is 30.0 Å². The van der Waals surface area contributed by atoms with Gasteiger partial charge in [-0.3, -0.25) is 4.79 Å². The molecule has 0 aliphatic heterocycles. The molecular weight excluding hydrogens is 290 g/mol. The van der Waals surface area contributed by atoms with Crippen molar-refractivity contribution in [2.24, 2.45) is 0 Å². The Morgan fingerprint density at radius 1 is 1.40 bits per heavy atom. The smallest absolute Gasteiger partial charge is 0.251 e. The summed E-state index contributed by atoms with van der Waals surface area (Å²) >= 11 is 3.30. The first-order valence-electron chi connectivity index (χ1n) is 6.92. The van der Waals surface area contributed by atoms with Crippen LogP contribution in [0.15, 0.2) is 21.4 Å². The lowest BCUT2D eigenvalue weighted by Gasteiger charge is -2.02. The van der Waals surface area contributed by atoms with Crippen molar-refractivity contribution in [3.8, 4) is 0 Å². The zero-order valence-corrected chi connectivity index (χ0v) is 13.0. The third-order valence-corrected chi connectivity index (χ3v) is 5.09. The summed E-state index contributed by atoms with van der Waals surface area (Å²) in [7, 11) is 0. The lowest BCUT2D eigenvalue weighted by atomic mass is 10.2. The maximum atomic E-state index is 11.6. The van der Waals surface area contributed by atoms with Gasteiger partial charge in [-0.15, -0.1) is 11.3 Å². The van der Waals surface area contributed by atoms with Crippen LogP contribution in [-0.4, -0.2) is 15.0 Å². The summed E-state index contributed by atoms with van der Waals surface area (Å²) in [6.45, 7) is 2.09. The molecule has 3 rings (SSSR count). The minimum absolute atomic E-state index is 0.0668. The zero-order valence-electron chi connectivity index (χ0n) is 11.4. The van der Waals surface area contributed by atoms with E-state index in [1.54, 1.807) is 29.2 Å². The third-order valence-electron chi connectivity index (χ3n) is 3.13. The van der Waals surface area contributed by atoms with Gasteiger partial charge < -0.3 is 4.98 Å². The minimum Gasteiger partial charge on any atom is -0.301 e. The number of H-pyrrole nitrogens is 1. The van der Waals surface area contributed by atoms with Crippen molar-refractivity contribution < 1.29 is 0 Å². The average molecular weight is 307 g/mol. The highest BCUT2D eigenvalue weighted by molar-refractivity contribution is 7.98. The maximum absolute atomic E-state index is 11.6. The third kappa shape index (κ3) is 3.49. The van der Waals surface area contributed by atoms with Crippen molar-refractivity contribution in [3.05, 3.63) is 38.2 Å². The quantitative estimate of drug-likeness (QED) is 0.657. The van der Waals surface area contributed by atoms with Crippen molar-refractivity contribution in [1.29, 1.82) is 0 Å². The summed E-state index contributed by atoms with van der Waals surface area (Å²) < 4.78 is 0. The Hall–Kier alpha value is -1.14. The number of thioether (sulfide) groups is 1. The van der Waals surface area contributed by atoms with E-state index in [1.165, 1.54) is 17.8 Å². The second kappa shape index (κ2) is 6.10. The van der Waals surface area contributed by atoms with Crippen molar-refractivity contribution in [3.63, 3.8) is 0 Å². The van der Waals surface area contributed by atoms with Crippen LogP contribution in [0.4, 0.5) is 0 Å². The molecule has 0 radical (unpaired) electrons. The van der Waals surface area contributed by atoms with Crippen LogP contribution < -0.4 is 5.56 Å². The van der Waals surface area contributed by atoms with Crippen LogP contribution in [0.1, 0.15) is 48.5 Å². The van der Waals surface area contributed by atoms with Gasteiger partial charge in [0.05, 0.1) is 10.7 Å². The van der Waals surface area contributed by atoms with Crippen LogP contribution in [0.5, 0.6) is 0 Å². The number of hydrogen-bond donors (Lipinski definition) is 1. The molecule has 0 atom stereocenters. The van der Waals surface area contributed by atoms with Gasteiger partial charge in [0.25, 0.3) is 5.56 Å². The second-order valence-electron chi connectivity index (χ2n) is 5.03. The molecule has 0 amide bonds. The number of hydrogen-bond acceptors (Lipinski definition) is 5. The van der Waals surface area contributed by atoms with Crippen LogP contribution in [0.2, 0.25) is 0 Å². The molecular formula is C14H17N3OS2. The van der Waals surface area contributed by atoms with Gasteiger partial charge >= 0.3 is 0 Å². The first-order chi connectivity index (χ1) is 9.74. The Morgan fingerprint density at radius 3 is 3.00 bits per heavy atom. The molecule has 20 heavy (non-hydrogen) atoms. The van der Waals surface area contributed by atoms with Crippen molar-refractivity contribution >= 4 is 23.1 Å². The fourth-order valence-corrected chi connectivity index (χ4v) is 3.87. The van der Waals surface area contributed by atoms with E-state index >= 15 is 0 Å². The van der Waals surface area contributed by atoms with Crippen LogP contribution >= 0.6 is 23.1 Å². The Balaban J connectivity index is 1.65. The molecule has 2 aromatic heterocycles. The Kier molecular flexibility index (Phi) is 4.21. The molecule has 6 heteroatoms. The van der Waals surface area contributed by atoms with Crippen molar-refractivity contribution in [2.45, 2.75) is 49.4 Å². The van der Waals surface area contributed by atoms with Crippen LogP contribution in [0, 0.1) is 0 Å². The number of thiazole rings is 1. The molecule has 0 saturated heterocycles. The number of nitrogens with one attached hydrogen (secondary N) is 1. The molecule has 0 aromatic carbocycles. The monoisotopic (exact) mass is 307 g/mol. The van der Waals surface area contributed by atoms with E-state index in [9.17, 15) is 4.79 Å². The molecule has 4 nitrogen and oxygen atoms in total. The molecule has 2 heterocycles. The van der Waals surface area contributed by atoms with Crippen LogP contribution in [-0.2, 0) is 12.2 Å². The van der Waals surface area contributed by atoms with E-state index in [4.69, 9.17) is 0 Å². The topological polar surface area (TPSA) is 58.6 Å². The second-order valence-corrected chi connectivity index (χ2v) is 6.89. The number of rotatable bonds is 6. The first kappa shape index (κ1) is 13.8. The Labute approximate surface area is 126 Å². The molecule has 1 N–H and O–H groups in total. The number of aryl methyl sites for hydroxylation is 1. The standard InChI is InChI=1S/C14H17N3OS2/c1-2-3-10-6-12(18)17-14(16-10)20-8-11-7-19-13(15-11)9-4-5-9/h6-7,9H,2-5,8H2,1H3,(H,16,17,18). The van der Waals surface area contributed by atoms with Gasteiger partial charge in [-0.1, -0.05) is 25.1 Å². The van der Waals surface area contributed by atoms with E-state index in [1.807, 2.05) is 0 Å². The molecule has 0 bridgehead atoms. The molecule has 1 saturated carbocycles. The Morgan fingerprint density at radius 2 is 2.25 bits per heavy atom. The van der Waals surface area contributed by atoms with Gasteiger partial charge in [0.15, 0.2) is 5.16 Å². The zero-order chi connectivity index (χ0) is 13.9. The molecule has 1 aliphatic rings. The van der Waals surface area contributed by atoms with Crippen LogP contribution in [0.25, 0.3) is 0 Å². The summed E-state index contributed by atoms with van der Waals surface area (Å²) in [6, 6.07) is 1.58. The highest BCUT2D eigenvalue weighted by atomic mass is 32.2. The highest BCUT2D eigenvalue weighted by Gasteiger charge is 2.26. The predicted molar refractivity (Wildman–Crippen MR) is 82.5 cm³/mol. The molecule has 1 fully saturated rings. The van der Waals surface area contributed by atoms with E-state index in [2.05, 4.69) is 27.3 Å². The first-order valence-corrected chi connectivity index (χ1v) is 8.78. The fraction of sp³-hybridized carbons (Fsp3) is 0.500. The maximum Gasteiger partial charge on any atom is 0.251 e. The molecule has 2 aromatic rings. The number of aromatic nitrogens is 3. The average Bonchev–Trinajstić information content (AvgIpc) is 3.16. The van der Waals surface area contributed by atoms with Crippen molar-refractivity contribution in [1.82, 2.24) is 15.0 Å². The molecule has 106 valence electrons. The summed E-state index contributed by atoms with van der Waals surface area (Å²) in [5.41, 5.74) is 1.89. The minimum atomic E-state index is -0.0668. The van der Waals surface area contributed by atoms with E-state index in [0.29, 0.717) is 11.1 Å². The van der Waals surface area contributed by atoms with Crippen LogP contribution in [0.3, 0.4) is 0 Å². The summed E-state index contributed by atoms with van der Waals surface area (Å²) in [6.07, 6.45) is 4.42. The van der Waals surface area contributed by atoms with Gasteiger partial charge in [0.1, 0.15) is 0 Å². The molecule has 0 spiro atoms. The van der Waals surface area contributed by atoms with Gasteiger partial charge in [0, 0.05) is 28.8 Å². The fourth-order valence-electron chi connectivity index (χ4n) is 1.99. The normalized spacial score (nSPS) is 14.7. The SMILES string of the molecule is CCCc1cc(=O)[nH]c(SCc2csc(C3CC3)n2)n1. The molecule has 1 aliphatic carbocycles. The predicted octanol–water partition coefficient (Wildman–Crippen LogP) is 3.35. The summed E-state index contributed by atoms with van der Waals surface area (Å²) in [4.78, 5) is 23.5. The van der Waals surface area contributed by atoms with Gasteiger partial charge in [-0.25, -0.2) is 9.97 Å². The summed E-state index contributed by atoms with van der Waals surface area (Å²) in [5.74, 6) is 1.48. The largest absolute Gasteiger partial charge is 0.301 e. The summed E-state index contributed by atoms with van der Waals surface area (Å²) in [5, 5.41) is 4.08. The molecule has 0 unspecified atom stereocenters.